The van der Waals surface area contributed by atoms with E-state index in [-0.39, 0.29) is 10.8 Å². The Kier molecular flexibility index (Phi) is 7.89. The van der Waals surface area contributed by atoms with Crippen LogP contribution in [0.1, 0.15) is 38.2 Å². The van der Waals surface area contributed by atoms with Gasteiger partial charge in [-0.25, -0.2) is 4.98 Å². The molecule has 1 amide bonds. The molecule has 0 spiro atoms. The first-order valence-electron chi connectivity index (χ1n) is 10.0. The fourth-order valence-corrected chi connectivity index (χ4v) is 4.33. The van der Waals surface area contributed by atoms with Crippen LogP contribution in [0.4, 0.5) is 18.9 Å². The second-order valence-corrected chi connectivity index (χ2v) is 8.44. The predicted octanol–water partition coefficient (Wildman–Crippen LogP) is 7.02. The Bertz CT molecular complexity index is 1050. The maximum absolute atomic E-state index is 13.2. The molecule has 31 heavy (non-hydrogen) atoms. The largest absolute Gasteiger partial charge is 0.418 e. The average Bonchev–Trinajstić information content (AvgIpc) is 3.08. The van der Waals surface area contributed by atoms with Crippen molar-refractivity contribution >= 4 is 46.0 Å². The minimum absolute atomic E-state index is 0.0825. The van der Waals surface area contributed by atoms with Gasteiger partial charge in [-0.3, -0.25) is 4.79 Å². The number of alkyl halides is 3. The SMILES string of the molecule is CCCCCCn1c(SCC(=O)Nc2c(Cl)cccc2C(F)(F)F)nc2ccccc21. The van der Waals surface area contributed by atoms with Gasteiger partial charge in [0.25, 0.3) is 0 Å². The van der Waals surface area contributed by atoms with E-state index in [2.05, 4.69) is 21.8 Å². The van der Waals surface area contributed by atoms with Gasteiger partial charge in [0.1, 0.15) is 0 Å². The Balaban J connectivity index is 1.74. The Labute approximate surface area is 188 Å². The molecule has 9 heteroatoms. The second kappa shape index (κ2) is 10.4. The monoisotopic (exact) mass is 469 g/mol. The predicted molar refractivity (Wildman–Crippen MR) is 120 cm³/mol. The van der Waals surface area contributed by atoms with E-state index in [4.69, 9.17) is 11.6 Å². The van der Waals surface area contributed by atoms with E-state index in [1.807, 2.05) is 24.3 Å². The van der Waals surface area contributed by atoms with Crippen molar-refractivity contribution in [2.45, 2.75) is 50.5 Å². The number of amides is 1. The van der Waals surface area contributed by atoms with Crippen molar-refractivity contribution in [3.8, 4) is 0 Å². The van der Waals surface area contributed by atoms with E-state index in [1.54, 1.807) is 0 Å². The lowest BCUT2D eigenvalue weighted by atomic mass is 10.1. The van der Waals surface area contributed by atoms with Crippen LogP contribution in [0.15, 0.2) is 47.6 Å². The summed E-state index contributed by atoms with van der Waals surface area (Å²) in [6.45, 7) is 2.92. The molecule has 0 aliphatic rings. The molecule has 0 fully saturated rings. The molecule has 1 aromatic heterocycles. The lowest BCUT2D eigenvalue weighted by Gasteiger charge is -2.15. The van der Waals surface area contributed by atoms with Gasteiger partial charge in [-0.1, -0.05) is 67.7 Å². The number of carbonyl (C=O) groups is 1. The van der Waals surface area contributed by atoms with E-state index < -0.39 is 23.3 Å². The summed E-state index contributed by atoms with van der Waals surface area (Å²) in [7, 11) is 0. The average molecular weight is 470 g/mol. The number of aryl methyl sites for hydroxylation is 1. The number of fused-ring (bicyclic) bond motifs is 1. The summed E-state index contributed by atoms with van der Waals surface area (Å²) in [6.07, 6.45) is -0.249. The first-order valence-corrected chi connectivity index (χ1v) is 11.4. The lowest BCUT2D eigenvalue weighted by molar-refractivity contribution is -0.137. The van der Waals surface area contributed by atoms with Crippen LogP contribution in [-0.2, 0) is 17.5 Å². The van der Waals surface area contributed by atoms with Crippen molar-refractivity contribution in [3.63, 3.8) is 0 Å². The molecule has 166 valence electrons. The van der Waals surface area contributed by atoms with Gasteiger partial charge in [-0.15, -0.1) is 0 Å². The smallest absolute Gasteiger partial charge is 0.324 e. The Hall–Kier alpha value is -2.19. The highest BCUT2D eigenvalue weighted by atomic mass is 35.5. The van der Waals surface area contributed by atoms with Crippen LogP contribution in [0.25, 0.3) is 11.0 Å². The molecular weight excluding hydrogens is 447 g/mol. The number of unbranched alkanes of at least 4 members (excludes halogenated alkanes) is 3. The molecule has 0 atom stereocenters. The minimum atomic E-state index is -4.62. The topological polar surface area (TPSA) is 46.9 Å². The zero-order valence-corrected chi connectivity index (χ0v) is 18.6. The van der Waals surface area contributed by atoms with Crippen molar-refractivity contribution in [1.82, 2.24) is 9.55 Å². The molecule has 0 bridgehead atoms. The van der Waals surface area contributed by atoms with Crippen LogP contribution in [-0.4, -0.2) is 21.2 Å². The summed E-state index contributed by atoms with van der Waals surface area (Å²) in [5.41, 5.74) is 0.413. The van der Waals surface area contributed by atoms with E-state index >= 15 is 0 Å². The van der Waals surface area contributed by atoms with Crippen molar-refractivity contribution in [1.29, 1.82) is 0 Å². The molecule has 0 unspecified atom stereocenters. The molecule has 3 aromatic rings. The van der Waals surface area contributed by atoms with Crippen molar-refractivity contribution < 1.29 is 18.0 Å². The molecule has 1 N–H and O–H groups in total. The number of nitrogens with one attached hydrogen (secondary N) is 1. The van der Waals surface area contributed by atoms with E-state index in [0.717, 1.165) is 49.3 Å². The highest BCUT2D eigenvalue weighted by Crippen LogP contribution is 2.38. The number of aromatic nitrogens is 2. The number of nitrogens with zero attached hydrogens (tertiary/aromatic N) is 2. The molecule has 0 aliphatic heterocycles. The summed E-state index contributed by atoms with van der Waals surface area (Å²) in [5, 5.41) is 2.83. The Morgan fingerprint density at radius 3 is 2.65 bits per heavy atom. The zero-order valence-electron chi connectivity index (χ0n) is 17.0. The van der Waals surface area contributed by atoms with Gasteiger partial charge in [-0.2, -0.15) is 13.2 Å². The van der Waals surface area contributed by atoms with Gasteiger partial charge < -0.3 is 9.88 Å². The molecule has 0 aliphatic carbocycles. The van der Waals surface area contributed by atoms with Gasteiger partial charge in [0, 0.05) is 6.54 Å². The highest BCUT2D eigenvalue weighted by molar-refractivity contribution is 7.99. The van der Waals surface area contributed by atoms with Crippen LogP contribution in [0.5, 0.6) is 0 Å². The molecule has 0 saturated carbocycles. The summed E-state index contributed by atoms with van der Waals surface area (Å²) in [6, 6.07) is 11.1. The Morgan fingerprint density at radius 1 is 1.13 bits per heavy atom. The third-order valence-corrected chi connectivity index (χ3v) is 6.06. The quantitative estimate of drug-likeness (QED) is 0.270. The number of hydrogen-bond donors (Lipinski definition) is 1. The zero-order chi connectivity index (χ0) is 22.4. The summed E-state index contributed by atoms with van der Waals surface area (Å²) in [5.74, 6) is -0.658. The van der Waals surface area contributed by atoms with Crippen LogP contribution in [0, 0.1) is 0 Å². The van der Waals surface area contributed by atoms with Crippen LogP contribution >= 0.6 is 23.4 Å². The molecule has 4 nitrogen and oxygen atoms in total. The number of thioether (sulfide) groups is 1. The molecule has 0 radical (unpaired) electrons. The van der Waals surface area contributed by atoms with Gasteiger partial charge in [0.2, 0.25) is 5.91 Å². The fraction of sp³-hybridized carbons (Fsp3) is 0.364. The number of halogens is 4. The number of imidazole rings is 1. The van der Waals surface area contributed by atoms with E-state index in [9.17, 15) is 18.0 Å². The van der Waals surface area contributed by atoms with Crippen molar-refractivity contribution in [3.05, 3.63) is 53.1 Å². The molecule has 1 heterocycles. The first-order chi connectivity index (χ1) is 14.8. The summed E-state index contributed by atoms with van der Waals surface area (Å²) < 4.78 is 41.8. The lowest BCUT2D eigenvalue weighted by Crippen LogP contribution is -2.19. The normalized spacial score (nSPS) is 11.8. The third-order valence-electron chi connectivity index (χ3n) is 4.77. The maximum Gasteiger partial charge on any atom is 0.418 e. The summed E-state index contributed by atoms with van der Waals surface area (Å²) in [4.78, 5) is 17.1. The summed E-state index contributed by atoms with van der Waals surface area (Å²) >= 11 is 7.12. The van der Waals surface area contributed by atoms with Gasteiger partial charge in [-0.05, 0) is 30.7 Å². The molecule has 3 rings (SSSR count). The number of carbonyl (C=O) groups excluding carboxylic acids is 1. The maximum atomic E-state index is 13.2. The number of benzene rings is 2. The number of para-hydroxylation sites is 3. The highest BCUT2D eigenvalue weighted by Gasteiger charge is 2.34. The van der Waals surface area contributed by atoms with Gasteiger partial charge in [0.15, 0.2) is 5.16 Å². The van der Waals surface area contributed by atoms with Crippen LogP contribution in [0.3, 0.4) is 0 Å². The molecule has 2 aromatic carbocycles. The standard InChI is InChI=1S/C22H23ClF3N3OS/c1-2-3-4-7-13-29-18-12-6-5-11-17(18)27-21(29)31-14-19(30)28-20-15(22(24,25)26)9-8-10-16(20)23/h5-6,8-12H,2-4,7,13-14H2,1H3,(H,28,30). The molecular formula is C22H23ClF3N3OS. The number of hydrogen-bond acceptors (Lipinski definition) is 3. The van der Waals surface area contributed by atoms with Gasteiger partial charge in [0.05, 0.1) is 33.1 Å². The minimum Gasteiger partial charge on any atom is -0.324 e. The molecule has 0 saturated heterocycles. The van der Waals surface area contributed by atoms with Crippen LogP contribution < -0.4 is 5.32 Å². The van der Waals surface area contributed by atoms with Crippen molar-refractivity contribution in [2.24, 2.45) is 0 Å². The Morgan fingerprint density at radius 2 is 1.90 bits per heavy atom. The number of anilines is 1. The van der Waals surface area contributed by atoms with Crippen LogP contribution in [0.2, 0.25) is 5.02 Å². The van der Waals surface area contributed by atoms with Crippen molar-refractivity contribution in [2.75, 3.05) is 11.1 Å². The third kappa shape index (κ3) is 5.95. The number of rotatable bonds is 9. The van der Waals surface area contributed by atoms with E-state index in [0.29, 0.717) is 5.16 Å². The first kappa shape index (κ1) is 23.5. The van der Waals surface area contributed by atoms with E-state index in [1.165, 1.54) is 23.9 Å². The van der Waals surface area contributed by atoms with Gasteiger partial charge >= 0.3 is 6.18 Å². The second-order valence-electron chi connectivity index (χ2n) is 7.09. The fourth-order valence-electron chi connectivity index (χ4n) is 3.27.